The molecule has 0 aliphatic carbocycles. The van der Waals surface area contributed by atoms with Crippen LogP contribution >= 0.6 is 0 Å². The zero-order valence-corrected chi connectivity index (χ0v) is 18.1. The second-order valence-electron chi connectivity index (χ2n) is 7.88. The molecule has 184 valence electrons. The molecule has 2 aliphatic rings. The lowest BCUT2D eigenvalue weighted by Crippen LogP contribution is -2.52. The molecule has 2 amide bonds. The number of likely N-dealkylation sites (tertiary alicyclic amines) is 1. The number of carbonyl (C=O) groups is 2. The first-order valence-corrected chi connectivity index (χ1v) is 10.5. The van der Waals surface area contributed by atoms with Gasteiger partial charge in [0.1, 0.15) is 11.6 Å². The number of allylic oxidation sites excluding steroid dienone is 1. The highest BCUT2D eigenvalue weighted by atomic mass is 19.3. The van der Waals surface area contributed by atoms with Crippen LogP contribution in [-0.4, -0.2) is 55.8 Å². The first-order chi connectivity index (χ1) is 16.7. The van der Waals surface area contributed by atoms with Crippen molar-refractivity contribution in [2.75, 3.05) is 31.6 Å². The second kappa shape index (κ2) is 10.0. The van der Waals surface area contributed by atoms with Crippen LogP contribution in [0.4, 0.5) is 23.2 Å². The standard InChI is InChI=1S/C23H20F4N4O4/c24-16-5-20-18(30-21(32)11-35-20)4-15(16)22(33)31-8-12(9-31)10-34-19-2-1-13(3-17(19)25)14(6-28)7-29-23(26)27/h1-7,12,23H,8-11,28H2,(H,30,32). The predicted octanol–water partition coefficient (Wildman–Crippen LogP) is 3.04. The summed E-state index contributed by atoms with van der Waals surface area (Å²) in [5.74, 6) is -2.46. The lowest BCUT2D eigenvalue weighted by Gasteiger charge is -2.39. The molecule has 4 rings (SSSR count). The molecule has 0 unspecified atom stereocenters. The summed E-state index contributed by atoms with van der Waals surface area (Å²) < 4.78 is 64.0. The van der Waals surface area contributed by atoms with Gasteiger partial charge in [0.25, 0.3) is 11.8 Å². The third kappa shape index (κ3) is 5.36. The van der Waals surface area contributed by atoms with E-state index >= 15 is 0 Å². The van der Waals surface area contributed by atoms with Crippen molar-refractivity contribution in [1.29, 1.82) is 0 Å². The van der Waals surface area contributed by atoms with E-state index in [0.29, 0.717) is 0 Å². The first-order valence-electron chi connectivity index (χ1n) is 10.5. The Morgan fingerprint density at radius 2 is 2.03 bits per heavy atom. The molecule has 2 aliphatic heterocycles. The van der Waals surface area contributed by atoms with Gasteiger partial charge in [0.2, 0.25) is 0 Å². The van der Waals surface area contributed by atoms with Gasteiger partial charge < -0.3 is 25.4 Å². The number of hydrogen-bond acceptors (Lipinski definition) is 6. The van der Waals surface area contributed by atoms with E-state index < -0.39 is 30.0 Å². The van der Waals surface area contributed by atoms with Crippen LogP contribution in [0, 0.1) is 17.6 Å². The Bertz CT molecular complexity index is 1210. The Kier molecular flexibility index (Phi) is 6.90. The fourth-order valence-corrected chi connectivity index (χ4v) is 3.63. The summed E-state index contributed by atoms with van der Waals surface area (Å²) in [5.41, 5.74) is 5.78. The van der Waals surface area contributed by atoms with Crippen molar-refractivity contribution in [1.82, 2.24) is 4.90 Å². The molecule has 1 saturated heterocycles. The van der Waals surface area contributed by atoms with Crippen molar-refractivity contribution in [3.63, 3.8) is 0 Å². The summed E-state index contributed by atoms with van der Waals surface area (Å²) in [7, 11) is 0. The zero-order valence-electron chi connectivity index (χ0n) is 18.1. The van der Waals surface area contributed by atoms with Gasteiger partial charge in [0, 0.05) is 43.1 Å². The Morgan fingerprint density at radius 3 is 2.71 bits per heavy atom. The van der Waals surface area contributed by atoms with Gasteiger partial charge in [0.05, 0.1) is 17.9 Å². The van der Waals surface area contributed by atoms with Gasteiger partial charge in [-0.05, 0) is 23.8 Å². The molecule has 0 radical (unpaired) electrons. The second-order valence-corrected chi connectivity index (χ2v) is 7.88. The van der Waals surface area contributed by atoms with E-state index in [1.54, 1.807) is 0 Å². The van der Waals surface area contributed by atoms with E-state index in [-0.39, 0.29) is 66.1 Å². The number of ether oxygens (including phenoxy) is 2. The van der Waals surface area contributed by atoms with Gasteiger partial charge in [-0.15, -0.1) is 0 Å². The van der Waals surface area contributed by atoms with Crippen LogP contribution in [0.15, 0.2) is 41.5 Å². The number of nitrogens with zero attached hydrogens (tertiary/aromatic N) is 2. The van der Waals surface area contributed by atoms with E-state index in [2.05, 4.69) is 10.3 Å². The van der Waals surface area contributed by atoms with Crippen LogP contribution in [0.25, 0.3) is 5.57 Å². The van der Waals surface area contributed by atoms with E-state index in [9.17, 15) is 27.2 Å². The Morgan fingerprint density at radius 1 is 1.26 bits per heavy atom. The maximum Gasteiger partial charge on any atom is 0.331 e. The van der Waals surface area contributed by atoms with Crippen LogP contribution < -0.4 is 20.5 Å². The normalized spacial score (nSPS) is 16.1. The maximum atomic E-state index is 14.4. The highest BCUT2D eigenvalue weighted by molar-refractivity contribution is 6.09. The van der Waals surface area contributed by atoms with Crippen molar-refractivity contribution in [3.05, 3.63) is 59.3 Å². The summed E-state index contributed by atoms with van der Waals surface area (Å²) in [5, 5.41) is 2.53. The lowest BCUT2D eigenvalue weighted by atomic mass is 9.99. The van der Waals surface area contributed by atoms with E-state index in [1.165, 1.54) is 23.1 Å². The zero-order chi connectivity index (χ0) is 25.1. The van der Waals surface area contributed by atoms with E-state index in [0.717, 1.165) is 24.5 Å². The number of benzene rings is 2. The van der Waals surface area contributed by atoms with Gasteiger partial charge >= 0.3 is 6.55 Å². The molecule has 8 nitrogen and oxygen atoms in total. The third-order valence-corrected chi connectivity index (χ3v) is 5.42. The molecule has 0 bridgehead atoms. The number of anilines is 1. The number of nitrogens with one attached hydrogen (secondary N) is 1. The first kappa shape index (κ1) is 24.0. The molecule has 0 aromatic heterocycles. The quantitative estimate of drug-likeness (QED) is 0.351. The van der Waals surface area contributed by atoms with Crippen molar-refractivity contribution < 1.29 is 36.6 Å². The molecule has 3 N–H and O–H groups in total. The number of fused-ring (bicyclic) bond motifs is 1. The van der Waals surface area contributed by atoms with E-state index in [4.69, 9.17) is 15.2 Å². The number of alkyl halides is 2. The van der Waals surface area contributed by atoms with Gasteiger partial charge in [-0.3, -0.25) is 9.59 Å². The smallest absolute Gasteiger partial charge is 0.331 e. The summed E-state index contributed by atoms with van der Waals surface area (Å²) >= 11 is 0. The van der Waals surface area contributed by atoms with Crippen molar-refractivity contribution in [2.45, 2.75) is 6.55 Å². The molecule has 2 heterocycles. The minimum absolute atomic E-state index is 0.0582. The summed E-state index contributed by atoms with van der Waals surface area (Å²) in [6.45, 7) is -2.51. The molecule has 1 fully saturated rings. The average Bonchev–Trinajstić information content (AvgIpc) is 2.79. The van der Waals surface area contributed by atoms with Crippen LogP contribution in [0.5, 0.6) is 11.5 Å². The lowest BCUT2D eigenvalue weighted by molar-refractivity contribution is -0.118. The molecule has 2 aromatic carbocycles. The summed E-state index contributed by atoms with van der Waals surface area (Å²) in [4.78, 5) is 28.5. The van der Waals surface area contributed by atoms with Crippen molar-refractivity contribution in [3.8, 4) is 11.5 Å². The predicted molar refractivity (Wildman–Crippen MR) is 118 cm³/mol. The molecule has 0 saturated carbocycles. The van der Waals surface area contributed by atoms with Crippen LogP contribution in [-0.2, 0) is 4.79 Å². The largest absolute Gasteiger partial charge is 0.490 e. The van der Waals surface area contributed by atoms with Crippen molar-refractivity contribution >= 4 is 29.3 Å². The maximum absolute atomic E-state index is 14.4. The molecule has 12 heteroatoms. The fraction of sp³-hybridized carbons (Fsp3) is 0.261. The number of carbonyl (C=O) groups excluding carboxylic acids is 2. The van der Waals surface area contributed by atoms with E-state index in [1.807, 2.05) is 0 Å². The molecular formula is C23H20F4N4O4. The summed E-state index contributed by atoms with van der Waals surface area (Å²) in [6.07, 6.45) is 1.89. The number of nitrogens with two attached hydrogens (primary N) is 1. The topological polar surface area (TPSA) is 106 Å². The highest BCUT2D eigenvalue weighted by Crippen LogP contribution is 2.32. The van der Waals surface area contributed by atoms with Gasteiger partial charge in [0.15, 0.2) is 18.2 Å². The van der Waals surface area contributed by atoms with Gasteiger partial charge in [-0.2, -0.15) is 8.78 Å². The molecule has 2 aromatic rings. The monoisotopic (exact) mass is 492 g/mol. The molecular weight excluding hydrogens is 472 g/mol. The Hall–Kier alpha value is -4.09. The van der Waals surface area contributed by atoms with Gasteiger partial charge in [-0.1, -0.05) is 6.07 Å². The molecule has 35 heavy (non-hydrogen) atoms. The minimum Gasteiger partial charge on any atom is -0.490 e. The highest BCUT2D eigenvalue weighted by Gasteiger charge is 2.34. The Labute approximate surface area is 197 Å². The van der Waals surface area contributed by atoms with Crippen LogP contribution in [0.3, 0.4) is 0 Å². The van der Waals surface area contributed by atoms with Crippen LogP contribution in [0.2, 0.25) is 0 Å². The Balaban J connectivity index is 1.32. The fourth-order valence-electron chi connectivity index (χ4n) is 3.63. The summed E-state index contributed by atoms with van der Waals surface area (Å²) in [6, 6.07) is 6.17. The minimum atomic E-state index is -2.91. The van der Waals surface area contributed by atoms with Gasteiger partial charge in [-0.25, -0.2) is 13.8 Å². The number of hydrogen-bond donors (Lipinski definition) is 2. The number of halogens is 4. The van der Waals surface area contributed by atoms with Crippen LogP contribution in [0.1, 0.15) is 15.9 Å². The average molecular weight is 492 g/mol. The molecule has 0 atom stereocenters. The van der Waals surface area contributed by atoms with Crippen molar-refractivity contribution in [2.24, 2.45) is 16.6 Å². The molecule has 0 spiro atoms. The third-order valence-electron chi connectivity index (χ3n) is 5.42. The number of aliphatic imine (C=N–C) groups is 1. The number of amides is 2. The SMILES string of the molecule is NC=C(C=NC(F)F)c1ccc(OCC2CN(C(=O)c3cc4c(cc3F)OCC(=O)N4)C2)c(F)c1. The number of rotatable bonds is 7.